The minimum absolute atomic E-state index is 0.0542. The second-order valence-corrected chi connectivity index (χ2v) is 5.86. The molecule has 25 heavy (non-hydrogen) atoms. The van der Waals surface area contributed by atoms with Gasteiger partial charge >= 0.3 is 0 Å². The summed E-state index contributed by atoms with van der Waals surface area (Å²) in [5, 5.41) is 8.82. The van der Waals surface area contributed by atoms with Crippen molar-refractivity contribution in [3.8, 4) is 6.07 Å². The highest BCUT2D eigenvalue weighted by Gasteiger charge is 2.13. The van der Waals surface area contributed by atoms with Crippen LogP contribution in [0.2, 0.25) is 0 Å². The third-order valence-electron chi connectivity index (χ3n) is 3.38. The van der Waals surface area contributed by atoms with Gasteiger partial charge in [0.15, 0.2) is 6.29 Å². The van der Waals surface area contributed by atoms with Crippen molar-refractivity contribution in [1.29, 1.82) is 5.26 Å². The Morgan fingerprint density at radius 1 is 1.24 bits per heavy atom. The molecule has 0 fully saturated rings. The van der Waals surface area contributed by atoms with E-state index in [4.69, 9.17) is 19.9 Å². The van der Waals surface area contributed by atoms with Gasteiger partial charge < -0.3 is 14.7 Å². The normalized spacial score (nSPS) is 12.5. The Kier molecular flexibility index (Phi) is 6.93. The van der Waals surface area contributed by atoms with Crippen LogP contribution in [0.25, 0.3) is 0 Å². The van der Waals surface area contributed by atoms with Crippen LogP contribution in [0, 0.1) is 11.3 Å². The molecule has 0 radical (unpaired) electrons. The minimum Gasteiger partial charge on any atom is -0.469 e. The van der Waals surface area contributed by atoms with Crippen LogP contribution in [0.4, 0.5) is 0 Å². The van der Waals surface area contributed by atoms with E-state index in [0.717, 1.165) is 23.2 Å². The van der Waals surface area contributed by atoms with Gasteiger partial charge in [-0.05, 0) is 30.2 Å². The Labute approximate surface area is 151 Å². The average molecular weight is 354 g/mol. The van der Waals surface area contributed by atoms with Crippen LogP contribution in [-0.4, -0.2) is 6.29 Å². The van der Waals surface area contributed by atoms with E-state index in [9.17, 15) is 4.79 Å². The Hall–Kier alpha value is -2.91. The van der Waals surface area contributed by atoms with Crippen LogP contribution in [0.15, 0.2) is 66.2 Å². The first-order valence-electron chi connectivity index (χ1n) is 7.59. The zero-order chi connectivity index (χ0) is 18.1. The molecule has 1 atom stereocenters. The van der Waals surface area contributed by atoms with Crippen LogP contribution in [0.5, 0.6) is 0 Å². The van der Waals surface area contributed by atoms with Crippen molar-refractivity contribution in [2.75, 3.05) is 0 Å². The second-order valence-electron chi connectivity index (χ2n) is 5.17. The molecular formula is C19H18N2O3S. The van der Waals surface area contributed by atoms with Crippen LogP contribution < -0.4 is 5.73 Å². The molecule has 0 bridgehead atoms. The highest BCUT2D eigenvalue weighted by Crippen LogP contribution is 2.22. The van der Waals surface area contributed by atoms with Crippen molar-refractivity contribution in [1.82, 2.24) is 0 Å². The van der Waals surface area contributed by atoms with Crippen molar-refractivity contribution >= 4 is 18.3 Å². The summed E-state index contributed by atoms with van der Waals surface area (Å²) >= 11 is 1.11. The average Bonchev–Trinajstić information content (AvgIpc) is 2.66. The van der Waals surface area contributed by atoms with Gasteiger partial charge in [0, 0.05) is 0 Å². The third-order valence-corrected chi connectivity index (χ3v) is 4.13. The summed E-state index contributed by atoms with van der Waals surface area (Å²) in [7, 11) is 0. The van der Waals surface area contributed by atoms with Gasteiger partial charge in [-0.1, -0.05) is 42.5 Å². The molecule has 0 aliphatic carbocycles. The molecule has 0 saturated carbocycles. The van der Waals surface area contributed by atoms with Gasteiger partial charge in [-0.2, -0.15) is 5.26 Å². The van der Waals surface area contributed by atoms with Gasteiger partial charge in [0.2, 0.25) is 11.6 Å². The number of hydrogen-bond acceptors (Lipinski definition) is 6. The minimum atomic E-state index is -0.384. The summed E-state index contributed by atoms with van der Waals surface area (Å²) in [6, 6.07) is 18.7. The number of benzene rings is 2. The first-order valence-corrected chi connectivity index (χ1v) is 8.50. The number of rotatable bonds is 8. The standard InChI is InChI=1S/C19H18N2O3S/c1-14(17-9-7-15(11-20)8-10-17)23-19(21)18(12-22)24-25-13-16-5-3-2-4-6-16/h2-10,12,14H,13,21H2,1H3/b19-18+. The molecule has 6 heteroatoms. The molecule has 2 aromatic rings. The van der Waals surface area contributed by atoms with Crippen LogP contribution in [-0.2, 0) is 19.5 Å². The molecule has 0 aliphatic heterocycles. The van der Waals surface area contributed by atoms with E-state index >= 15 is 0 Å². The molecule has 0 aromatic heterocycles. The smallest absolute Gasteiger partial charge is 0.236 e. The molecule has 2 rings (SSSR count). The molecule has 0 saturated heterocycles. The molecule has 0 heterocycles. The summed E-state index contributed by atoms with van der Waals surface area (Å²) < 4.78 is 10.9. The summed E-state index contributed by atoms with van der Waals surface area (Å²) in [6.45, 7) is 1.80. The van der Waals surface area contributed by atoms with Gasteiger partial charge in [-0.3, -0.25) is 4.79 Å². The monoisotopic (exact) mass is 354 g/mol. The predicted octanol–water partition coefficient (Wildman–Crippen LogP) is 3.83. The lowest BCUT2D eigenvalue weighted by molar-refractivity contribution is -0.106. The first kappa shape index (κ1) is 18.4. The number of nitrogens with two attached hydrogens (primary N) is 1. The highest BCUT2D eigenvalue weighted by atomic mass is 32.2. The van der Waals surface area contributed by atoms with Crippen molar-refractivity contribution in [3.05, 3.63) is 82.9 Å². The number of nitrogens with zero attached hydrogens (tertiary/aromatic N) is 1. The Bertz CT molecular complexity index is 768. The predicted molar refractivity (Wildman–Crippen MR) is 96.8 cm³/mol. The maximum Gasteiger partial charge on any atom is 0.236 e. The largest absolute Gasteiger partial charge is 0.469 e. The number of aldehydes is 1. The molecule has 128 valence electrons. The maximum atomic E-state index is 11.2. The quantitative estimate of drug-likeness (QED) is 0.336. The molecule has 5 nitrogen and oxygen atoms in total. The molecule has 0 aliphatic rings. The lowest BCUT2D eigenvalue weighted by Gasteiger charge is -2.16. The summed E-state index contributed by atoms with van der Waals surface area (Å²) in [5.41, 5.74) is 8.31. The number of allylic oxidation sites excluding steroid dienone is 1. The first-order chi connectivity index (χ1) is 12.1. The SMILES string of the molecule is CC(O/C(N)=C(\C=O)OSCc1ccccc1)c1ccc(C#N)cc1. The Morgan fingerprint density at radius 2 is 1.92 bits per heavy atom. The summed E-state index contributed by atoms with van der Waals surface area (Å²) in [4.78, 5) is 11.2. The van der Waals surface area contributed by atoms with Crippen molar-refractivity contribution in [3.63, 3.8) is 0 Å². The second kappa shape index (κ2) is 9.40. The third kappa shape index (κ3) is 5.59. The van der Waals surface area contributed by atoms with Crippen LogP contribution in [0.3, 0.4) is 0 Å². The number of hydrogen-bond donors (Lipinski definition) is 1. The molecule has 0 amide bonds. The van der Waals surface area contributed by atoms with Crippen LogP contribution in [0.1, 0.15) is 29.7 Å². The maximum absolute atomic E-state index is 11.2. The molecular weight excluding hydrogens is 336 g/mol. The summed E-state index contributed by atoms with van der Waals surface area (Å²) in [6.07, 6.45) is 0.143. The topological polar surface area (TPSA) is 85.3 Å². The van der Waals surface area contributed by atoms with Crippen molar-refractivity contribution in [2.45, 2.75) is 18.8 Å². The van der Waals surface area contributed by atoms with Crippen molar-refractivity contribution < 1.29 is 13.7 Å². The fourth-order valence-corrected chi connectivity index (χ4v) is 2.64. The molecule has 0 spiro atoms. The number of carbonyl (C=O) groups excluding carboxylic acids is 1. The summed E-state index contributed by atoms with van der Waals surface area (Å²) in [5.74, 6) is 0.449. The Morgan fingerprint density at radius 3 is 2.52 bits per heavy atom. The fraction of sp³-hybridized carbons (Fsp3) is 0.158. The number of nitriles is 1. The van der Waals surface area contributed by atoms with Gasteiger partial charge in [0.25, 0.3) is 0 Å². The Balaban J connectivity index is 1.94. The lowest BCUT2D eigenvalue weighted by atomic mass is 10.1. The zero-order valence-corrected chi connectivity index (χ0v) is 14.5. The van der Waals surface area contributed by atoms with Gasteiger partial charge in [0.05, 0.1) is 29.4 Å². The van der Waals surface area contributed by atoms with Gasteiger partial charge in [-0.15, -0.1) is 0 Å². The highest BCUT2D eigenvalue weighted by molar-refractivity contribution is 7.94. The van der Waals surface area contributed by atoms with E-state index in [2.05, 4.69) is 6.07 Å². The molecule has 2 N–H and O–H groups in total. The van der Waals surface area contributed by atoms with Crippen LogP contribution >= 0.6 is 12.0 Å². The van der Waals surface area contributed by atoms with E-state index < -0.39 is 0 Å². The lowest BCUT2D eigenvalue weighted by Crippen LogP contribution is -2.11. The van der Waals surface area contributed by atoms with Gasteiger partial charge in [-0.25, -0.2) is 0 Å². The number of carbonyl (C=O) groups is 1. The molecule has 2 aromatic carbocycles. The van der Waals surface area contributed by atoms with Crippen molar-refractivity contribution in [2.24, 2.45) is 5.73 Å². The fourth-order valence-electron chi connectivity index (χ4n) is 2.00. The van der Waals surface area contributed by atoms with E-state index in [1.807, 2.05) is 30.3 Å². The molecule has 1 unspecified atom stereocenters. The van der Waals surface area contributed by atoms with Gasteiger partial charge in [0.1, 0.15) is 6.10 Å². The van der Waals surface area contributed by atoms with E-state index in [0.29, 0.717) is 17.6 Å². The zero-order valence-electron chi connectivity index (χ0n) is 13.7. The van der Waals surface area contributed by atoms with E-state index in [-0.39, 0.29) is 17.7 Å². The number of ether oxygens (including phenoxy) is 1. The van der Waals surface area contributed by atoms with E-state index in [1.54, 1.807) is 31.2 Å². The van der Waals surface area contributed by atoms with E-state index in [1.165, 1.54) is 0 Å².